The van der Waals surface area contributed by atoms with Gasteiger partial charge in [0.05, 0.1) is 11.7 Å². The Morgan fingerprint density at radius 2 is 1.82 bits per heavy atom. The second-order valence-electron chi connectivity index (χ2n) is 7.02. The van der Waals surface area contributed by atoms with Crippen LogP contribution in [0.2, 0.25) is 0 Å². The number of hydrogen-bond acceptors (Lipinski definition) is 4. The molecule has 0 unspecified atom stereocenters. The molecular formula is C15H26N2O4S. The highest BCUT2D eigenvalue weighted by Crippen LogP contribution is 2.52. The summed E-state index contributed by atoms with van der Waals surface area (Å²) in [6.45, 7) is 4.63. The minimum Gasteiger partial charge on any atom is -0.381 e. The summed E-state index contributed by atoms with van der Waals surface area (Å²) in [7, 11) is -3.19. The van der Waals surface area contributed by atoms with Crippen molar-refractivity contribution in [3.05, 3.63) is 0 Å². The van der Waals surface area contributed by atoms with Gasteiger partial charge in [-0.2, -0.15) is 4.31 Å². The number of rotatable bonds is 3. The summed E-state index contributed by atoms with van der Waals surface area (Å²) in [5.41, 5.74) is -0.245. The molecule has 0 aromatic carbocycles. The number of nitrogens with zero attached hydrogens (tertiary/aromatic N) is 2. The molecule has 6 nitrogen and oxygen atoms in total. The van der Waals surface area contributed by atoms with Crippen LogP contribution in [0.15, 0.2) is 0 Å². The molecule has 2 saturated heterocycles. The van der Waals surface area contributed by atoms with Gasteiger partial charge in [0.1, 0.15) is 0 Å². The molecule has 0 aromatic rings. The number of carbonyl (C=O) groups excluding carboxylic acids is 1. The third-order valence-corrected chi connectivity index (χ3v) is 6.84. The average Bonchev–Trinajstić information content (AvgIpc) is 3.30. The smallest absolute Gasteiger partial charge is 0.229 e. The van der Waals surface area contributed by atoms with Gasteiger partial charge >= 0.3 is 0 Å². The van der Waals surface area contributed by atoms with Crippen LogP contribution in [0.4, 0.5) is 0 Å². The summed E-state index contributed by atoms with van der Waals surface area (Å²) in [6, 6.07) is -0.149. The van der Waals surface area contributed by atoms with Gasteiger partial charge in [0.25, 0.3) is 0 Å². The summed E-state index contributed by atoms with van der Waals surface area (Å²) < 4.78 is 30.5. The van der Waals surface area contributed by atoms with Crippen LogP contribution < -0.4 is 0 Å². The molecule has 3 fully saturated rings. The van der Waals surface area contributed by atoms with Gasteiger partial charge < -0.3 is 9.64 Å². The molecule has 0 radical (unpaired) electrons. The maximum absolute atomic E-state index is 13.2. The average molecular weight is 330 g/mol. The predicted octanol–water partition coefficient (Wildman–Crippen LogP) is 0.686. The summed E-state index contributed by atoms with van der Waals surface area (Å²) in [5.74, 6) is 0.741. The van der Waals surface area contributed by atoms with Crippen molar-refractivity contribution in [2.24, 2.45) is 11.3 Å². The Morgan fingerprint density at radius 3 is 2.32 bits per heavy atom. The van der Waals surface area contributed by atoms with Crippen molar-refractivity contribution < 1.29 is 17.9 Å². The van der Waals surface area contributed by atoms with E-state index in [0.717, 1.165) is 25.7 Å². The minimum absolute atomic E-state index is 0.149. The third kappa shape index (κ3) is 2.90. The number of hydrogen-bond donors (Lipinski definition) is 0. The van der Waals surface area contributed by atoms with E-state index >= 15 is 0 Å². The van der Waals surface area contributed by atoms with Crippen molar-refractivity contribution in [1.82, 2.24) is 9.21 Å². The van der Waals surface area contributed by atoms with Crippen LogP contribution in [0.1, 0.15) is 32.6 Å². The summed E-state index contributed by atoms with van der Waals surface area (Å²) in [5, 5.41) is 0. The monoisotopic (exact) mass is 330 g/mol. The van der Waals surface area contributed by atoms with Crippen LogP contribution in [0.25, 0.3) is 0 Å². The predicted molar refractivity (Wildman–Crippen MR) is 82.8 cm³/mol. The molecule has 3 rings (SSSR count). The van der Waals surface area contributed by atoms with Crippen LogP contribution in [-0.2, 0) is 19.6 Å². The maximum Gasteiger partial charge on any atom is 0.229 e. The lowest BCUT2D eigenvalue weighted by molar-refractivity contribution is -0.152. The molecule has 1 atom stereocenters. The van der Waals surface area contributed by atoms with Gasteiger partial charge in [-0.05, 0) is 38.5 Å². The van der Waals surface area contributed by atoms with E-state index in [1.54, 1.807) is 0 Å². The minimum atomic E-state index is -3.19. The van der Waals surface area contributed by atoms with Crippen molar-refractivity contribution in [2.75, 3.05) is 39.1 Å². The topological polar surface area (TPSA) is 66.9 Å². The van der Waals surface area contributed by atoms with E-state index in [0.29, 0.717) is 38.8 Å². The second-order valence-corrected chi connectivity index (χ2v) is 8.95. The van der Waals surface area contributed by atoms with Crippen molar-refractivity contribution in [1.29, 1.82) is 0 Å². The van der Waals surface area contributed by atoms with E-state index in [2.05, 4.69) is 0 Å². The fourth-order valence-corrected chi connectivity index (χ4v) is 5.24. The van der Waals surface area contributed by atoms with Crippen LogP contribution in [0.5, 0.6) is 0 Å². The molecule has 2 aliphatic heterocycles. The number of ether oxygens (including phenoxy) is 1. The quantitative estimate of drug-likeness (QED) is 0.763. The highest BCUT2D eigenvalue weighted by molar-refractivity contribution is 7.88. The Balaban J connectivity index is 1.73. The number of amides is 1. The fraction of sp³-hybridized carbons (Fsp3) is 0.933. The number of piperazine rings is 1. The molecule has 1 aliphatic carbocycles. The molecule has 3 aliphatic rings. The van der Waals surface area contributed by atoms with E-state index in [1.165, 1.54) is 10.6 Å². The molecule has 7 heteroatoms. The summed E-state index contributed by atoms with van der Waals surface area (Å²) in [4.78, 5) is 15.1. The van der Waals surface area contributed by atoms with E-state index in [9.17, 15) is 13.2 Å². The van der Waals surface area contributed by atoms with Crippen molar-refractivity contribution >= 4 is 15.9 Å². The van der Waals surface area contributed by atoms with Gasteiger partial charge in [-0.1, -0.05) is 0 Å². The molecule has 2 heterocycles. The molecule has 1 saturated carbocycles. The zero-order chi connectivity index (χ0) is 16.0. The molecule has 0 bridgehead atoms. The first-order valence-electron chi connectivity index (χ1n) is 8.18. The van der Waals surface area contributed by atoms with Crippen molar-refractivity contribution in [2.45, 2.75) is 38.6 Å². The van der Waals surface area contributed by atoms with Gasteiger partial charge in [0.2, 0.25) is 15.9 Å². The van der Waals surface area contributed by atoms with Crippen LogP contribution in [0, 0.1) is 11.3 Å². The summed E-state index contributed by atoms with van der Waals surface area (Å²) >= 11 is 0. The number of carbonyl (C=O) groups is 1. The van der Waals surface area contributed by atoms with E-state index in [1.807, 2.05) is 11.8 Å². The first-order valence-corrected chi connectivity index (χ1v) is 10.0. The first kappa shape index (κ1) is 16.2. The lowest BCUT2D eigenvalue weighted by Crippen LogP contribution is -2.58. The molecule has 0 aromatic heterocycles. The molecular weight excluding hydrogens is 304 g/mol. The first-order chi connectivity index (χ1) is 10.3. The Morgan fingerprint density at radius 1 is 1.18 bits per heavy atom. The Kier molecular flexibility index (Phi) is 4.24. The molecule has 22 heavy (non-hydrogen) atoms. The van der Waals surface area contributed by atoms with Gasteiger partial charge in [0, 0.05) is 38.9 Å². The Labute approximate surface area is 132 Å². The Hall–Kier alpha value is -0.660. The maximum atomic E-state index is 13.2. The molecule has 0 N–H and O–H groups in total. The molecule has 1 amide bonds. The number of sulfonamides is 1. The largest absolute Gasteiger partial charge is 0.381 e. The van der Waals surface area contributed by atoms with Gasteiger partial charge in [-0.15, -0.1) is 0 Å². The zero-order valence-electron chi connectivity index (χ0n) is 13.5. The fourth-order valence-electron chi connectivity index (χ4n) is 4.10. The normalized spacial score (nSPS) is 30.3. The highest BCUT2D eigenvalue weighted by Gasteiger charge is 2.53. The van der Waals surface area contributed by atoms with E-state index in [-0.39, 0.29) is 17.4 Å². The molecule has 0 spiro atoms. The summed E-state index contributed by atoms with van der Waals surface area (Å²) in [6.07, 6.45) is 5.16. The van der Waals surface area contributed by atoms with Crippen LogP contribution in [-0.4, -0.2) is 68.7 Å². The molecule has 126 valence electrons. The highest BCUT2D eigenvalue weighted by atomic mass is 32.2. The van der Waals surface area contributed by atoms with Crippen LogP contribution in [0.3, 0.4) is 0 Å². The Bertz CT molecular complexity index is 538. The SMILES string of the molecule is C[C@H]1CN(C(=O)C2(C3CC3)CCOCC2)CCN1S(C)(=O)=O. The van der Waals surface area contributed by atoms with Gasteiger partial charge in [0.15, 0.2) is 0 Å². The third-order valence-electron chi connectivity index (χ3n) is 5.45. The lowest BCUT2D eigenvalue weighted by atomic mass is 9.74. The van der Waals surface area contributed by atoms with E-state index in [4.69, 9.17) is 4.74 Å². The zero-order valence-corrected chi connectivity index (χ0v) is 14.3. The van der Waals surface area contributed by atoms with Crippen molar-refractivity contribution in [3.63, 3.8) is 0 Å². The van der Waals surface area contributed by atoms with Gasteiger partial charge in [-0.3, -0.25) is 4.79 Å². The second kappa shape index (κ2) is 5.76. The van der Waals surface area contributed by atoms with Gasteiger partial charge in [-0.25, -0.2) is 8.42 Å². The lowest BCUT2D eigenvalue weighted by Gasteiger charge is -2.44. The van der Waals surface area contributed by atoms with E-state index < -0.39 is 10.0 Å². The van der Waals surface area contributed by atoms with Crippen LogP contribution >= 0.6 is 0 Å². The standard InChI is InChI=1S/C15H26N2O4S/c1-12-11-16(7-8-17(12)22(2,19)20)14(18)15(13-3-4-13)5-9-21-10-6-15/h12-13H,3-11H2,1-2H3/t12-/m0/s1. The van der Waals surface area contributed by atoms with Crippen molar-refractivity contribution in [3.8, 4) is 0 Å².